The number of carbonyl (C=O) groups is 5. The number of Topliss-reactive ketones (excluding diaryl/α,β-unsaturated/α-hetero) is 1. The Kier molecular flexibility index (Phi) is 17.4. The van der Waals surface area contributed by atoms with Crippen LogP contribution in [0.2, 0.25) is 5.02 Å². The molecule has 0 spiro atoms. The van der Waals surface area contributed by atoms with Crippen molar-refractivity contribution in [2.75, 3.05) is 32.7 Å². The highest BCUT2D eigenvalue weighted by atomic mass is 35.5. The number of ether oxygens (including phenoxy) is 4. The second kappa shape index (κ2) is 25.0. The first-order chi connectivity index (χ1) is 37.8. The monoisotopic (exact) mass is 1070 g/mol. The number of hydrogen-bond donors (Lipinski definition) is 3. The smallest absolute Gasteiger partial charge is 0.255 e. The first-order valence-corrected chi connectivity index (χ1v) is 26.2. The SMILES string of the molecule is COc1cc(N=Nc2cccc3c2CN(C2CCC(=O)NC2=O)C3=O)cc(OC)c1OCC(=O)CCCNC(=O)CCCCCc1ccc(-c2cc3c(Nc4ccc(OCc5cccc(C)c5)c(Cl)c4)ncnc3cc2C)o1. The Balaban J connectivity index is 0.688. The summed E-state index contributed by atoms with van der Waals surface area (Å²) in [6, 6.07) is 29.2. The van der Waals surface area contributed by atoms with E-state index < -0.39 is 11.9 Å². The minimum atomic E-state index is -0.758. The van der Waals surface area contributed by atoms with Gasteiger partial charge in [0.2, 0.25) is 23.5 Å². The molecule has 5 aromatic carbocycles. The molecular weight excluding hydrogens is 1020 g/mol. The number of rotatable bonds is 24. The van der Waals surface area contributed by atoms with Crippen LogP contribution in [0, 0.1) is 13.8 Å². The summed E-state index contributed by atoms with van der Waals surface area (Å²) in [5.41, 5.74) is 7.54. The number of nitrogens with zero attached hydrogens (tertiary/aromatic N) is 5. The molecule has 7 aromatic rings. The third-order valence-corrected chi connectivity index (χ3v) is 13.8. The zero-order valence-corrected chi connectivity index (χ0v) is 44.5. The van der Waals surface area contributed by atoms with Gasteiger partial charge < -0.3 is 38.9 Å². The van der Waals surface area contributed by atoms with Crippen LogP contribution >= 0.6 is 11.6 Å². The minimum Gasteiger partial charge on any atom is -0.493 e. The highest BCUT2D eigenvalue weighted by molar-refractivity contribution is 6.32. The summed E-state index contributed by atoms with van der Waals surface area (Å²) in [7, 11) is 2.90. The van der Waals surface area contributed by atoms with Crippen LogP contribution in [0.1, 0.15) is 89.7 Å². The van der Waals surface area contributed by atoms with Crippen molar-refractivity contribution in [2.24, 2.45) is 10.2 Å². The normalized spacial score (nSPS) is 14.1. The number of nitrogens with one attached hydrogen (secondary N) is 3. The summed E-state index contributed by atoms with van der Waals surface area (Å²) >= 11 is 6.65. The molecule has 78 heavy (non-hydrogen) atoms. The molecule has 18 nitrogen and oxygen atoms in total. The van der Waals surface area contributed by atoms with Gasteiger partial charge in [-0.15, -0.1) is 0 Å². The number of carbonyl (C=O) groups excluding carboxylic acids is 5. The van der Waals surface area contributed by atoms with Crippen molar-refractivity contribution >= 4 is 74.8 Å². The summed E-state index contributed by atoms with van der Waals surface area (Å²) in [5, 5.41) is 18.7. The number of azo groups is 1. The van der Waals surface area contributed by atoms with Gasteiger partial charge in [0.05, 0.1) is 36.1 Å². The summed E-state index contributed by atoms with van der Waals surface area (Å²) in [4.78, 5) is 73.6. The second-order valence-corrected chi connectivity index (χ2v) is 19.6. The van der Waals surface area contributed by atoms with Crippen molar-refractivity contribution in [1.82, 2.24) is 25.5 Å². The van der Waals surface area contributed by atoms with Crippen LogP contribution < -0.4 is 34.9 Å². The van der Waals surface area contributed by atoms with E-state index in [9.17, 15) is 24.0 Å². The molecule has 3 N–H and O–H groups in total. The van der Waals surface area contributed by atoms with Crippen LogP contribution in [0.5, 0.6) is 23.0 Å². The van der Waals surface area contributed by atoms with Gasteiger partial charge in [0.25, 0.3) is 5.91 Å². The van der Waals surface area contributed by atoms with E-state index in [1.165, 1.54) is 31.0 Å². The number of unbranched alkanes of at least 4 members (excludes halogenated alkanes) is 2. The first kappa shape index (κ1) is 54.2. The van der Waals surface area contributed by atoms with Crippen molar-refractivity contribution < 1.29 is 47.3 Å². The standard InChI is InChI=1S/C59H59ClN8O10/c1-35-11-8-12-37(25-35)32-76-51-21-18-38(27-46(51)60)64-57-44-30-43(36(2)26-48(44)62-34-63-57)50-22-19-41(78-50)14-6-5-7-17-54(70)61-24-10-13-40(69)33-77-56-52(74-3)28-39(29-53(56)75-4)66-67-47-16-9-15-42-45(47)31-68(59(42)73)49-20-23-55(71)65-58(49)72/h8-9,11-12,15-16,18-19,21-22,25-30,34,49H,5-7,10,13-14,17,20,23-24,31-33H2,1-4H3,(H,61,70)(H,62,63,64)(H,65,71,72). The average molecular weight is 1080 g/mol. The lowest BCUT2D eigenvalue weighted by Crippen LogP contribution is -2.52. The number of furan rings is 1. The van der Waals surface area contributed by atoms with Gasteiger partial charge in [0.1, 0.15) is 48.7 Å². The third kappa shape index (κ3) is 13.1. The van der Waals surface area contributed by atoms with Gasteiger partial charge in [0.15, 0.2) is 17.3 Å². The molecule has 1 atom stereocenters. The largest absolute Gasteiger partial charge is 0.493 e. The van der Waals surface area contributed by atoms with E-state index in [0.29, 0.717) is 71.5 Å². The van der Waals surface area contributed by atoms with E-state index >= 15 is 0 Å². The number of aromatic nitrogens is 2. The highest BCUT2D eigenvalue weighted by Gasteiger charge is 2.40. The molecule has 19 heteroatoms. The van der Waals surface area contributed by atoms with Crippen molar-refractivity contribution in [1.29, 1.82) is 0 Å². The number of methoxy groups -OCH3 is 2. The molecule has 402 valence electrons. The molecule has 1 saturated heterocycles. The predicted octanol–water partition coefficient (Wildman–Crippen LogP) is 11.3. The molecular formula is C59H59ClN8O10. The maximum Gasteiger partial charge on any atom is 0.255 e. The van der Waals surface area contributed by atoms with E-state index in [1.54, 1.807) is 30.3 Å². The lowest BCUT2D eigenvalue weighted by molar-refractivity contribution is -0.137. The fourth-order valence-corrected chi connectivity index (χ4v) is 9.69. The van der Waals surface area contributed by atoms with Crippen molar-refractivity contribution in [3.63, 3.8) is 0 Å². The van der Waals surface area contributed by atoms with Gasteiger partial charge in [-0.25, -0.2) is 9.97 Å². The number of hydrogen-bond acceptors (Lipinski definition) is 15. The lowest BCUT2D eigenvalue weighted by atomic mass is 10.0. The molecule has 0 bridgehead atoms. The number of halogens is 1. The minimum absolute atomic E-state index is 0.0716. The molecule has 2 aliphatic heterocycles. The molecule has 2 aromatic heterocycles. The number of amides is 4. The van der Waals surface area contributed by atoms with Gasteiger partial charge in [-0.3, -0.25) is 29.3 Å². The van der Waals surface area contributed by atoms with Crippen LogP contribution in [-0.4, -0.2) is 77.7 Å². The fourth-order valence-electron chi connectivity index (χ4n) is 9.45. The Hall–Kier alpha value is -8.64. The van der Waals surface area contributed by atoms with Crippen molar-refractivity contribution in [3.05, 3.63) is 142 Å². The molecule has 1 fully saturated rings. The second-order valence-electron chi connectivity index (χ2n) is 19.1. The molecule has 0 aliphatic carbocycles. The van der Waals surface area contributed by atoms with Crippen molar-refractivity contribution in [3.8, 4) is 34.3 Å². The predicted molar refractivity (Wildman–Crippen MR) is 293 cm³/mol. The highest BCUT2D eigenvalue weighted by Crippen LogP contribution is 2.43. The van der Waals surface area contributed by atoms with E-state index in [4.69, 9.17) is 35.0 Å². The summed E-state index contributed by atoms with van der Waals surface area (Å²) in [6.07, 6.45) is 6.06. The van der Waals surface area contributed by atoms with Crippen LogP contribution in [-0.2, 0) is 38.8 Å². The number of benzene rings is 5. The van der Waals surface area contributed by atoms with Crippen molar-refractivity contribution in [2.45, 2.75) is 90.8 Å². The molecule has 1 unspecified atom stereocenters. The number of anilines is 2. The summed E-state index contributed by atoms with van der Waals surface area (Å²) < 4.78 is 29.4. The maximum atomic E-state index is 13.3. The van der Waals surface area contributed by atoms with E-state index in [0.717, 1.165) is 64.1 Å². The van der Waals surface area contributed by atoms with Gasteiger partial charge in [-0.05, 0) is 105 Å². The Morgan fingerprint density at radius 1 is 0.833 bits per heavy atom. The molecule has 4 amide bonds. The van der Waals surface area contributed by atoms with Crippen LogP contribution in [0.4, 0.5) is 22.9 Å². The van der Waals surface area contributed by atoms with Gasteiger partial charge in [-0.2, -0.15) is 10.2 Å². The molecule has 2 aliphatic rings. The van der Waals surface area contributed by atoms with E-state index in [2.05, 4.69) is 42.2 Å². The fraction of sp³-hybridized carbons (Fsp3) is 0.305. The zero-order chi connectivity index (χ0) is 54.7. The van der Waals surface area contributed by atoms with Gasteiger partial charge in [-0.1, -0.05) is 53.9 Å². The molecule has 9 rings (SSSR count). The number of ketones is 1. The van der Waals surface area contributed by atoms with Crippen LogP contribution in [0.25, 0.3) is 22.2 Å². The number of aryl methyl sites for hydroxylation is 3. The van der Waals surface area contributed by atoms with E-state index in [-0.39, 0.29) is 73.2 Å². The molecule has 0 radical (unpaired) electrons. The summed E-state index contributed by atoms with van der Waals surface area (Å²) in [6.45, 7) is 4.73. The first-order valence-electron chi connectivity index (χ1n) is 25.8. The third-order valence-electron chi connectivity index (χ3n) is 13.5. The quantitative estimate of drug-likeness (QED) is 0.0291. The van der Waals surface area contributed by atoms with E-state index in [1.807, 2.05) is 74.5 Å². The number of imide groups is 1. The number of piperidine rings is 1. The van der Waals surface area contributed by atoms with Gasteiger partial charge in [0, 0.05) is 78.7 Å². The lowest BCUT2D eigenvalue weighted by Gasteiger charge is -2.29. The van der Waals surface area contributed by atoms with Crippen LogP contribution in [0.15, 0.2) is 118 Å². The zero-order valence-electron chi connectivity index (χ0n) is 43.8. The summed E-state index contributed by atoms with van der Waals surface area (Å²) in [5.74, 6) is 2.13. The average Bonchev–Trinajstić information content (AvgIpc) is 4.15. The molecule has 0 saturated carbocycles. The van der Waals surface area contributed by atoms with Crippen LogP contribution in [0.3, 0.4) is 0 Å². The van der Waals surface area contributed by atoms with Gasteiger partial charge >= 0.3 is 0 Å². The topological polar surface area (TPSA) is 225 Å². The molecule has 4 heterocycles. The number of fused-ring (bicyclic) bond motifs is 2. The Labute approximate surface area is 455 Å². The Morgan fingerprint density at radius 3 is 2.44 bits per heavy atom. The Bertz CT molecular complexity index is 3410. The maximum absolute atomic E-state index is 13.3. The Morgan fingerprint density at radius 2 is 1.65 bits per heavy atom.